The quantitative estimate of drug-likeness (QED) is 0.589. The average molecular weight is 423 g/mol. The zero-order valence-electron chi connectivity index (χ0n) is 18.4. The van der Waals surface area contributed by atoms with Gasteiger partial charge in [-0.3, -0.25) is 4.79 Å². The summed E-state index contributed by atoms with van der Waals surface area (Å²) in [4.78, 5) is 24.9. The van der Waals surface area contributed by atoms with Crippen LogP contribution in [0.5, 0.6) is 0 Å². The summed E-state index contributed by atoms with van der Waals surface area (Å²) in [6.45, 7) is 4.65. The number of hydrogen-bond donors (Lipinski definition) is 1. The van der Waals surface area contributed by atoms with Crippen LogP contribution in [0.3, 0.4) is 0 Å². The van der Waals surface area contributed by atoms with E-state index in [4.69, 9.17) is 0 Å². The average Bonchev–Trinajstić information content (AvgIpc) is 3.10. The van der Waals surface area contributed by atoms with Gasteiger partial charge in [-0.2, -0.15) is 0 Å². The second-order valence-corrected chi connectivity index (χ2v) is 10.7. The maximum absolute atomic E-state index is 13.4. The van der Waals surface area contributed by atoms with E-state index >= 15 is 0 Å². The van der Waals surface area contributed by atoms with Crippen molar-refractivity contribution in [3.05, 3.63) is 58.9 Å². The van der Waals surface area contributed by atoms with Crippen LogP contribution in [0.25, 0.3) is 0 Å². The summed E-state index contributed by atoms with van der Waals surface area (Å²) in [5, 5.41) is 9.44. The Balaban J connectivity index is 1.43. The van der Waals surface area contributed by atoms with Gasteiger partial charge in [0, 0.05) is 17.1 Å². The molecule has 164 valence electrons. The summed E-state index contributed by atoms with van der Waals surface area (Å²) in [7, 11) is 0. The second kappa shape index (κ2) is 7.15. The number of benzene rings is 1. The molecule has 0 bridgehead atoms. The Morgan fingerprint density at radius 1 is 1.03 bits per heavy atom. The van der Waals surface area contributed by atoms with Crippen LogP contribution in [0, 0.1) is 40.3 Å². The van der Waals surface area contributed by atoms with Crippen LogP contribution in [0.4, 0.5) is 4.39 Å². The van der Waals surface area contributed by atoms with Crippen LogP contribution in [0.15, 0.2) is 47.6 Å². The Labute approximate surface area is 183 Å². The highest BCUT2D eigenvalue weighted by molar-refractivity contribution is 5.98. The van der Waals surface area contributed by atoms with Gasteiger partial charge < -0.3 is 5.11 Å². The highest BCUT2D eigenvalue weighted by Gasteiger charge is 2.59. The molecule has 3 nitrogen and oxygen atoms in total. The van der Waals surface area contributed by atoms with Crippen molar-refractivity contribution >= 4 is 11.8 Å². The molecule has 1 N–H and O–H groups in total. The molecule has 4 aliphatic rings. The van der Waals surface area contributed by atoms with Gasteiger partial charge >= 0.3 is 5.97 Å². The molecule has 0 radical (unpaired) electrons. The standard InChI is InChI=1S/C27H31FO3/c1-26-13-11-17(25(30)31)15-18(26)5-8-20-21-9-10-23(27(21,2)14-12-22(20)26)24(29)16-3-6-19(28)7-4-16/h3-7,15,20-23H,8-14H2,1-2H3,(H,30,31)/t20-,21-,22+,23?,26-,27-/m0/s1. The van der Waals surface area contributed by atoms with Crippen molar-refractivity contribution in [2.45, 2.75) is 58.8 Å². The van der Waals surface area contributed by atoms with Gasteiger partial charge in [0.1, 0.15) is 5.82 Å². The first-order valence-corrected chi connectivity index (χ1v) is 11.7. The zero-order valence-corrected chi connectivity index (χ0v) is 18.4. The van der Waals surface area contributed by atoms with Crippen molar-refractivity contribution in [1.29, 1.82) is 0 Å². The molecule has 31 heavy (non-hydrogen) atoms. The predicted molar refractivity (Wildman–Crippen MR) is 117 cm³/mol. The number of carbonyl (C=O) groups is 2. The Hall–Kier alpha value is -2.23. The number of carboxylic acids is 1. The molecule has 4 heteroatoms. The first-order valence-electron chi connectivity index (χ1n) is 11.7. The molecule has 0 saturated heterocycles. The summed E-state index contributed by atoms with van der Waals surface area (Å²) >= 11 is 0. The molecule has 1 aromatic carbocycles. The topological polar surface area (TPSA) is 54.4 Å². The molecule has 0 aliphatic heterocycles. The number of allylic oxidation sites excluding steroid dienone is 3. The summed E-state index contributed by atoms with van der Waals surface area (Å²) in [6, 6.07) is 6.03. The molecule has 2 fully saturated rings. The third-order valence-electron chi connectivity index (χ3n) is 9.49. The van der Waals surface area contributed by atoms with Crippen molar-refractivity contribution < 1.29 is 19.1 Å². The predicted octanol–water partition coefficient (Wildman–Crippen LogP) is 6.21. The zero-order chi connectivity index (χ0) is 22.0. The lowest BCUT2D eigenvalue weighted by Crippen LogP contribution is -2.50. The van der Waals surface area contributed by atoms with Crippen molar-refractivity contribution in [3.63, 3.8) is 0 Å². The van der Waals surface area contributed by atoms with Crippen LogP contribution < -0.4 is 0 Å². The SMILES string of the molecule is C[C@]12CCC(C(=O)O)=CC1=CC[C@@H]1[C@H]2CC[C@]2(C)C(C(=O)c3ccc(F)cc3)CC[C@@H]12. The van der Waals surface area contributed by atoms with E-state index in [0.717, 1.165) is 38.5 Å². The Morgan fingerprint density at radius 2 is 1.77 bits per heavy atom. The van der Waals surface area contributed by atoms with E-state index in [0.29, 0.717) is 35.3 Å². The molecule has 1 unspecified atom stereocenters. The van der Waals surface area contributed by atoms with Gasteiger partial charge in [0.25, 0.3) is 0 Å². The molecular weight excluding hydrogens is 391 g/mol. The van der Waals surface area contributed by atoms with Crippen LogP contribution in [-0.2, 0) is 4.79 Å². The molecule has 0 spiro atoms. The van der Waals surface area contributed by atoms with Gasteiger partial charge in [0.05, 0.1) is 0 Å². The van der Waals surface area contributed by atoms with Gasteiger partial charge in [-0.05, 0) is 109 Å². The summed E-state index contributed by atoms with van der Waals surface area (Å²) < 4.78 is 13.3. The number of carbonyl (C=O) groups excluding carboxylic acids is 1. The van der Waals surface area contributed by atoms with Crippen molar-refractivity contribution in [3.8, 4) is 0 Å². The monoisotopic (exact) mass is 422 g/mol. The lowest BCUT2D eigenvalue weighted by atomic mass is 9.47. The fourth-order valence-electron chi connectivity index (χ4n) is 7.74. The highest BCUT2D eigenvalue weighted by Crippen LogP contribution is 2.66. The fourth-order valence-corrected chi connectivity index (χ4v) is 7.74. The van der Waals surface area contributed by atoms with Crippen LogP contribution in [-0.4, -0.2) is 16.9 Å². The van der Waals surface area contributed by atoms with Crippen LogP contribution in [0.1, 0.15) is 69.2 Å². The highest BCUT2D eigenvalue weighted by atomic mass is 19.1. The molecular formula is C27H31FO3. The van der Waals surface area contributed by atoms with E-state index in [1.165, 1.54) is 17.7 Å². The number of halogens is 1. The van der Waals surface area contributed by atoms with E-state index in [1.54, 1.807) is 12.1 Å². The minimum Gasteiger partial charge on any atom is -0.478 e. The van der Waals surface area contributed by atoms with Gasteiger partial charge in [-0.1, -0.05) is 19.9 Å². The minimum absolute atomic E-state index is 0.00644. The van der Waals surface area contributed by atoms with E-state index in [-0.39, 0.29) is 28.3 Å². The summed E-state index contributed by atoms with van der Waals surface area (Å²) in [5.41, 5.74) is 2.42. The molecule has 1 aromatic rings. The number of Topliss-reactive ketones (excluding diaryl/α,β-unsaturated/α-hetero) is 1. The number of ketones is 1. The molecule has 5 rings (SSSR count). The first kappa shape index (κ1) is 20.7. The maximum atomic E-state index is 13.4. The van der Waals surface area contributed by atoms with Crippen molar-refractivity contribution in [2.75, 3.05) is 0 Å². The first-order chi connectivity index (χ1) is 14.7. The number of hydrogen-bond acceptors (Lipinski definition) is 2. The third kappa shape index (κ3) is 3.05. The maximum Gasteiger partial charge on any atom is 0.331 e. The second-order valence-electron chi connectivity index (χ2n) is 10.7. The van der Waals surface area contributed by atoms with E-state index in [2.05, 4.69) is 19.9 Å². The van der Waals surface area contributed by atoms with E-state index in [1.807, 2.05) is 6.08 Å². The fraction of sp³-hybridized carbons (Fsp3) is 0.556. The molecule has 0 amide bonds. The lowest BCUT2D eigenvalue weighted by molar-refractivity contribution is -0.133. The van der Waals surface area contributed by atoms with Gasteiger partial charge in [0.2, 0.25) is 0 Å². The smallest absolute Gasteiger partial charge is 0.331 e. The largest absolute Gasteiger partial charge is 0.478 e. The van der Waals surface area contributed by atoms with Crippen molar-refractivity contribution in [2.24, 2.45) is 34.5 Å². The molecule has 0 heterocycles. The Kier molecular flexibility index (Phi) is 4.76. The van der Waals surface area contributed by atoms with E-state index in [9.17, 15) is 19.1 Å². The molecule has 0 aromatic heterocycles. The van der Waals surface area contributed by atoms with Crippen LogP contribution in [0.2, 0.25) is 0 Å². The lowest BCUT2D eigenvalue weighted by Gasteiger charge is -2.57. The van der Waals surface area contributed by atoms with Gasteiger partial charge in [-0.15, -0.1) is 0 Å². The molecule has 4 aliphatic carbocycles. The number of carboxylic acid groups (broad SMARTS) is 1. The Morgan fingerprint density at radius 3 is 2.48 bits per heavy atom. The van der Waals surface area contributed by atoms with E-state index < -0.39 is 5.97 Å². The third-order valence-corrected chi connectivity index (χ3v) is 9.49. The Bertz CT molecular complexity index is 990. The van der Waals surface area contributed by atoms with Crippen molar-refractivity contribution in [1.82, 2.24) is 0 Å². The normalized spacial score (nSPS) is 38.9. The van der Waals surface area contributed by atoms with Gasteiger partial charge in [-0.25, -0.2) is 9.18 Å². The minimum atomic E-state index is -0.792. The summed E-state index contributed by atoms with van der Waals surface area (Å²) in [5.74, 6) is 0.702. The number of fused-ring (bicyclic) bond motifs is 5. The molecule has 2 saturated carbocycles. The van der Waals surface area contributed by atoms with Crippen LogP contribution >= 0.6 is 0 Å². The molecule has 6 atom stereocenters. The number of rotatable bonds is 3. The summed E-state index contributed by atoms with van der Waals surface area (Å²) in [6.07, 6.45) is 10.9. The van der Waals surface area contributed by atoms with Gasteiger partial charge in [0.15, 0.2) is 5.78 Å². The number of aliphatic carboxylic acids is 1.